The lowest BCUT2D eigenvalue weighted by molar-refractivity contribution is -0.136. The first-order valence-corrected chi connectivity index (χ1v) is 8.05. The van der Waals surface area contributed by atoms with Crippen molar-refractivity contribution in [3.05, 3.63) is 59.2 Å². The predicted molar refractivity (Wildman–Crippen MR) is 89.2 cm³/mol. The van der Waals surface area contributed by atoms with Crippen LogP contribution < -0.4 is 0 Å². The summed E-state index contributed by atoms with van der Waals surface area (Å²) in [6, 6.07) is 15.2. The van der Waals surface area contributed by atoms with E-state index in [1.165, 1.54) is 36.0 Å². The summed E-state index contributed by atoms with van der Waals surface area (Å²) in [4.78, 5) is 10.8. The van der Waals surface area contributed by atoms with Crippen LogP contribution in [0.2, 0.25) is 0 Å². The Hall–Kier alpha value is -2.09. The first-order chi connectivity index (χ1) is 10.6. The Kier molecular flexibility index (Phi) is 4.28. The lowest BCUT2D eigenvalue weighted by Gasteiger charge is -2.25. The van der Waals surface area contributed by atoms with E-state index in [4.69, 9.17) is 5.11 Å². The van der Waals surface area contributed by atoms with Gasteiger partial charge in [0.05, 0.1) is 0 Å². The van der Waals surface area contributed by atoms with E-state index in [1.54, 1.807) is 0 Å². The largest absolute Gasteiger partial charge is 0.481 e. The number of rotatable bonds is 5. The van der Waals surface area contributed by atoms with E-state index in [0.29, 0.717) is 6.42 Å². The number of aliphatic carboxylic acids is 1. The molecule has 0 radical (unpaired) electrons. The minimum atomic E-state index is -0.741. The Labute approximate surface area is 131 Å². The summed E-state index contributed by atoms with van der Waals surface area (Å²) in [5, 5.41) is 8.86. The van der Waals surface area contributed by atoms with Crippen LogP contribution >= 0.6 is 0 Å². The highest BCUT2D eigenvalue weighted by Gasteiger charge is 2.19. The van der Waals surface area contributed by atoms with Crippen molar-refractivity contribution in [2.75, 3.05) is 0 Å². The zero-order chi connectivity index (χ0) is 15.5. The maximum absolute atomic E-state index is 10.8. The molecule has 1 saturated carbocycles. The van der Waals surface area contributed by atoms with Crippen LogP contribution in [0.1, 0.15) is 48.3 Å². The van der Waals surface area contributed by atoms with Crippen LogP contribution in [-0.4, -0.2) is 11.1 Å². The van der Waals surface area contributed by atoms with Crippen molar-refractivity contribution in [3.8, 4) is 11.1 Å². The van der Waals surface area contributed by atoms with E-state index in [2.05, 4.69) is 42.5 Å². The number of hydrogen-bond donors (Lipinski definition) is 1. The molecule has 0 aliphatic heterocycles. The molecule has 0 unspecified atom stereocenters. The van der Waals surface area contributed by atoms with Gasteiger partial charge in [-0.15, -0.1) is 0 Å². The molecule has 2 aromatic carbocycles. The van der Waals surface area contributed by atoms with Gasteiger partial charge < -0.3 is 5.11 Å². The lowest BCUT2D eigenvalue weighted by atomic mass is 9.80. The number of aryl methyl sites for hydroxylation is 2. The Morgan fingerprint density at radius 2 is 1.77 bits per heavy atom. The number of carboxylic acid groups (broad SMARTS) is 1. The average Bonchev–Trinajstić information content (AvgIpc) is 2.45. The Morgan fingerprint density at radius 3 is 2.36 bits per heavy atom. The molecular formula is C20H22O2. The highest BCUT2D eigenvalue weighted by molar-refractivity contribution is 5.68. The molecule has 0 saturated heterocycles. The molecule has 0 atom stereocenters. The second kappa shape index (κ2) is 6.35. The summed E-state index contributed by atoms with van der Waals surface area (Å²) in [5.74, 6) is 0.0212. The summed E-state index contributed by atoms with van der Waals surface area (Å²) in [7, 11) is 0. The zero-order valence-corrected chi connectivity index (χ0v) is 13.0. The molecule has 0 aromatic heterocycles. The summed E-state index contributed by atoms with van der Waals surface area (Å²) < 4.78 is 0. The minimum Gasteiger partial charge on any atom is -0.481 e. The second-order valence-corrected chi connectivity index (χ2v) is 6.28. The summed E-state index contributed by atoms with van der Waals surface area (Å²) >= 11 is 0. The van der Waals surface area contributed by atoms with Gasteiger partial charge in [0.1, 0.15) is 0 Å². The van der Waals surface area contributed by atoms with Crippen molar-refractivity contribution in [2.24, 2.45) is 0 Å². The summed E-state index contributed by atoms with van der Waals surface area (Å²) in [5.41, 5.74) is 6.12. The monoisotopic (exact) mass is 294 g/mol. The van der Waals surface area contributed by atoms with Gasteiger partial charge in [-0.1, -0.05) is 48.9 Å². The molecule has 0 heterocycles. The third kappa shape index (κ3) is 3.22. The van der Waals surface area contributed by atoms with E-state index in [9.17, 15) is 4.79 Å². The maximum atomic E-state index is 10.8. The van der Waals surface area contributed by atoms with Gasteiger partial charge in [0.25, 0.3) is 0 Å². The van der Waals surface area contributed by atoms with Crippen molar-refractivity contribution in [1.29, 1.82) is 0 Å². The summed E-state index contributed by atoms with van der Waals surface area (Å²) in [6.07, 6.45) is 4.78. The zero-order valence-electron chi connectivity index (χ0n) is 13.0. The van der Waals surface area contributed by atoms with E-state index >= 15 is 0 Å². The third-order valence-electron chi connectivity index (χ3n) is 4.78. The molecule has 1 aliphatic rings. The molecule has 2 heteroatoms. The van der Waals surface area contributed by atoms with Gasteiger partial charge >= 0.3 is 5.97 Å². The van der Waals surface area contributed by atoms with E-state index in [1.807, 2.05) is 6.92 Å². The normalized spacial score (nSPS) is 14.6. The molecule has 2 nitrogen and oxygen atoms in total. The second-order valence-electron chi connectivity index (χ2n) is 6.28. The van der Waals surface area contributed by atoms with E-state index in [0.717, 1.165) is 17.0 Å². The number of carbonyl (C=O) groups is 1. The average molecular weight is 294 g/mol. The highest BCUT2D eigenvalue weighted by atomic mass is 16.4. The van der Waals surface area contributed by atoms with Gasteiger partial charge in [-0.2, -0.15) is 0 Å². The van der Waals surface area contributed by atoms with Crippen LogP contribution in [0.4, 0.5) is 0 Å². The fourth-order valence-corrected chi connectivity index (χ4v) is 3.05. The van der Waals surface area contributed by atoms with Crippen molar-refractivity contribution in [2.45, 2.75) is 44.9 Å². The Balaban J connectivity index is 1.81. The first-order valence-electron chi connectivity index (χ1n) is 8.05. The standard InChI is InChI=1S/C20H22O2/c1-14-5-6-19(13-18(14)11-12-20(21)22)17-9-7-16(8-10-17)15-3-2-4-15/h5-10,13,15H,2-4,11-12H2,1H3,(H,21,22). The fourth-order valence-electron chi connectivity index (χ4n) is 3.05. The fraction of sp³-hybridized carbons (Fsp3) is 0.350. The molecule has 0 spiro atoms. The molecule has 2 aromatic rings. The topological polar surface area (TPSA) is 37.3 Å². The Morgan fingerprint density at radius 1 is 1.09 bits per heavy atom. The third-order valence-corrected chi connectivity index (χ3v) is 4.78. The molecule has 1 N–H and O–H groups in total. The van der Waals surface area contributed by atoms with Crippen LogP contribution in [-0.2, 0) is 11.2 Å². The van der Waals surface area contributed by atoms with Crippen LogP contribution in [0.5, 0.6) is 0 Å². The highest BCUT2D eigenvalue weighted by Crippen LogP contribution is 2.37. The maximum Gasteiger partial charge on any atom is 0.303 e. The number of carboxylic acids is 1. The van der Waals surface area contributed by atoms with Crippen molar-refractivity contribution < 1.29 is 9.90 Å². The molecule has 0 amide bonds. The van der Waals surface area contributed by atoms with Crippen molar-refractivity contribution in [1.82, 2.24) is 0 Å². The predicted octanol–water partition coefficient (Wildman–Crippen LogP) is 4.95. The van der Waals surface area contributed by atoms with Crippen LogP contribution in [0.25, 0.3) is 11.1 Å². The van der Waals surface area contributed by atoms with Crippen LogP contribution in [0, 0.1) is 6.92 Å². The molecule has 1 aliphatic carbocycles. The summed E-state index contributed by atoms with van der Waals surface area (Å²) in [6.45, 7) is 2.04. The number of benzene rings is 2. The van der Waals surface area contributed by atoms with Gasteiger partial charge in [-0.25, -0.2) is 0 Å². The lowest BCUT2D eigenvalue weighted by Crippen LogP contribution is -2.08. The molecule has 22 heavy (non-hydrogen) atoms. The van der Waals surface area contributed by atoms with Gasteiger partial charge in [0.15, 0.2) is 0 Å². The van der Waals surface area contributed by atoms with Crippen molar-refractivity contribution >= 4 is 5.97 Å². The molecule has 3 rings (SSSR count). The van der Waals surface area contributed by atoms with Gasteiger partial charge in [-0.3, -0.25) is 4.79 Å². The molecule has 114 valence electrons. The van der Waals surface area contributed by atoms with Gasteiger partial charge in [-0.05, 0) is 59.9 Å². The quantitative estimate of drug-likeness (QED) is 0.847. The number of hydrogen-bond acceptors (Lipinski definition) is 1. The minimum absolute atomic E-state index is 0.185. The SMILES string of the molecule is Cc1ccc(-c2ccc(C3CCC3)cc2)cc1CCC(=O)O. The van der Waals surface area contributed by atoms with E-state index in [-0.39, 0.29) is 6.42 Å². The van der Waals surface area contributed by atoms with E-state index < -0.39 is 5.97 Å². The molecule has 1 fully saturated rings. The Bertz CT molecular complexity index is 667. The van der Waals surface area contributed by atoms with Crippen LogP contribution in [0.3, 0.4) is 0 Å². The first kappa shape index (κ1) is 14.8. The van der Waals surface area contributed by atoms with Gasteiger partial charge in [0, 0.05) is 6.42 Å². The van der Waals surface area contributed by atoms with Crippen molar-refractivity contribution in [3.63, 3.8) is 0 Å². The molecular weight excluding hydrogens is 272 g/mol. The smallest absolute Gasteiger partial charge is 0.303 e. The van der Waals surface area contributed by atoms with Gasteiger partial charge in [0.2, 0.25) is 0 Å². The molecule has 0 bridgehead atoms. The van der Waals surface area contributed by atoms with Crippen LogP contribution in [0.15, 0.2) is 42.5 Å².